The number of rotatable bonds is 0. The predicted molar refractivity (Wildman–Crippen MR) is 11.5 cm³/mol. The Kier molecular flexibility index (Phi) is 20.6. The van der Waals surface area contributed by atoms with Gasteiger partial charge in [0.1, 0.15) is 0 Å². The molecule has 0 N–H and O–H groups in total. The van der Waals surface area contributed by atoms with E-state index < -0.39 is 0 Å². The van der Waals surface area contributed by atoms with E-state index in [1.165, 1.54) is 0 Å². The molecule has 0 aliphatic heterocycles. The topological polar surface area (TPSA) is 17.1 Å². The Hall–Kier alpha value is 0.700. The molecular formula is CAuClO. The van der Waals surface area contributed by atoms with Crippen molar-refractivity contribution in [3.05, 3.63) is 0 Å². The summed E-state index contributed by atoms with van der Waals surface area (Å²) in [5.41, 5.74) is 0. The smallest absolute Gasteiger partial charge is 0.525 e. The molecule has 0 aromatic rings. The van der Waals surface area contributed by atoms with E-state index in [-0.39, 0.29) is 22.4 Å². The van der Waals surface area contributed by atoms with Crippen molar-refractivity contribution in [3.63, 3.8) is 0 Å². The quantitative estimate of drug-likeness (QED) is 0.348. The molecule has 0 unspecified atom stereocenters. The van der Waals surface area contributed by atoms with Crippen LogP contribution in [0.1, 0.15) is 0 Å². The van der Waals surface area contributed by atoms with Crippen molar-refractivity contribution >= 4 is 17.3 Å². The van der Waals surface area contributed by atoms with Crippen molar-refractivity contribution in [2.75, 3.05) is 0 Å². The molecular weight excluding hydrogens is 260 g/mol. The van der Waals surface area contributed by atoms with Crippen molar-refractivity contribution in [3.8, 4) is 0 Å². The maximum Gasteiger partial charge on any atom is 1.00 e. The molecule has 0 bridgehead atoms. The average Bonchev–Trinajstić information content (AvgIpc) is 0.918. The fourth-order valence-corrected chi connectivity index (χ4v) is 0. The number of halogens is 1. The SMILES string of the molecule is O=[C-]Cl.[Au+]. The second kappa shape index (κ2) is 9.33. The van der Waals surface area contributed by atoms with Gasteiger partial charge >= 0.3 is 22.4 Å². The van der Waals surface area contributed by atoms with Crippen molar-refractivity contribution in [2.45, 2.75) is 0 Å². The zero-order valence-electron chi connectivity index (χ0n) is 1.59. The molecule has 1 nitrogen and oxygen atoms in total. The molecule has 28 valence electrons. The first kappa shape index (κ1) is 8.83. The van der Waals surface area contributed by atoms with Crippen LogP contribution >= 0.6 is 11.6 Å². The van der Waals surface area contributed by atoms with Crippen LogP contribution in [0.5, 0.6) is 0 Å². The summed E-state index contributed by atoms with van der Waals surface area (Å²) in [6, 6.07) is 0. The fourth-order valence-electron chi connectivity index (χ4n) is 0. The van der Waals surface area contributed by atoms with Crippen LogP contribution in [-0.2, 0) is 27.2 Å². The first-order chi connectivity index (χ1) is 1.41. The van der Waals surface area contributed by atoms with E-state index in [2.05, 4.69) is 11.6 Å². The van der Waals surface area contributed by atoms with E-state index in [0.717, 1.165) is 5.75 Å². The maximum atomic E-state index is 8.45. The summed E-state index contributed by atoms with van der Waals surface area (Å²) in [5.74, 6) is 0.972. The molecule has 0 spiro atoms. The van der Waals surface area contributed by atoms with E-state index >= 15 is 0 Å². The number of carbonyl (C=O) groups excluding carboxylic acids is 1. The van der Waals surface area contributed by atoms with Gasteiger partial charge in [-0.25, -0.2) is 0 Å². The standard InChI is InChI=1S/CClO.Au/c2-1-3;/q-1;+1. The second-order valence-electron chi connectivity index (χ2n) is 0.0772. The molecule has 0 amide bonds. The molecule has 0 aliphatic rings. The maximum absolute atomic E-state index is 8.45. The van der Waals surface area contributed by atoms with Crippen LogP contribution in [0.2, 0.25) is 0 Å². The number of hydrogen-bond donors (Lipinski definition) is 0. The molecule has 0 aliphatic carbocycles. The zero-order chi connectivity index (χ0) is 2.71. The van der Waals surface area contributed by atoms with Gasteiger partial charge in [0.15, 0.2) is 0 Å². The molecule has 0 fully saturated rings. The summed E-state index contributed by atoms with van der Waals surface area (Å²) >= 11 is 4.19. The van der Waals surface area contributed by atoms with Gasteiger partial charge in [-0.1, -0.05) is 0 Å². The van der Waals surface area contributed by atoms with Gasteiger partial charge in [0.2, 0.25) is 0 Å². The Balaban J connectivity index is 0. The first-order valence-corrected chi connectivity index (χ1v) is 0.771. The molecule has 0 heterocycles. The van der Waals surface area contributed by atoms with Crippen LogP contribution < -0.4 is 0 Å². The van der Waals surface area contributed by atoms with Gasteiger partial charge in [0.05, 0.1) is 0 Å². The molecule has 0 saturated heterocycles. The van der Waals surface area contributed by atoms with Gasteiger partial charge in [-0.05, 0) is 0 Å². The van der Waals surface area contributed by atoms with Gasteiger partial charge in [0, 0.05) is 0 Å². The largest absolute Gasteiger partial charge is 1.00 e. The third-order valence-electron chi connectivity index (χ3n) is 0. The first-order valence-electron chi connectivity index (χ1n) is 0.393. The summed E-state index contributed by atoms with van der Waals surface area (Å²) in [4.78, 5) is 8.45. The third kappa shape index (κ3) is 15.9. The monoisotopic (exact) mass is 260 g/mol. The second-order valence-corrected chi connectivity index (χ2v) is 0.231. The van der Waals surface area contributed by atoms with Crippen molar-refractivity contribution in [2.24, 2.45) is 0 Å². The van der Waals surface area contributed by atoms with Crippen molar-refractivity contribution in [1.82, 2.24) is 0 Å². The van der Waals surface area contributed by atoms with Gasteiger partial charge in [-0.15, -0.1) is 0 Å². The minimum Gasteiger partial charge on any atom is -0.525 e. The molecule has 0 saturated carbocycles. The van der Waals surface area contributed by atoms with Gasteiger partial charge in [-0.3, -0.25) is 0 Å². The molecule has 0 rings (SSSR count). The van der Waals surface area contributed by atoms with E-state index in [4.69, 9.17) is 4.79 Å². The summed E-state index contributed by atoms with van der Waals surface area (Å²) < 4.78 is 0. The van der Waals surface area contributed by atoms with Crippen LogP contribution in [0.3, 0.4) is 0 Å². The zero-order valence-corrected chi connectivity index (χ0v) is 4.51. The van der Waals surface area contributed by atoms with Crippen LogP contribution in [0.25, 0.3) is 0 Å². The van der Waals surface area contributed by atoms with E-state index in [0.29, 0.717) is 0 Å². The molecule has 0 aromatic heterocycles. The van der Waals surface area contributed by atoms with Gasteiger partial charge in [-0.2, -0.15) is 5.75 Å². The van der Waals surface area contributed by atoms with Crippen LogP contribution in [-0.4, -0.2) is 5.75 Å². The van der Waals surface area contributed by atoms with E-state index in [1.54, 1.807) is 0 Å². The van der Waals surface area contributed by atoms with Crippen LogP contribution in [0.15, 0.2) is 0 Å². The van der Waals surface area contributed by atoms with Gasteiger partial charge in [0.25, 0.3) is 0 Å². The summed E-state index contributed by atoms with van der Waals surface area (Å²) in [5, 5.41) is 0. The summed E-state index contributed by atoms with van der Waals surface area (Å²) in [7, 11) is 0. The molecule has 0 atom stereocenters. The third-order valence-corrected chi connectivity index (χ3v) is 0. The summed E-state index contributed by atoms with van der Waals surface area (Å²) in [6.07, 6.45) is 0. The normalized spacial score (nSPS) is 3.25. The number of hydrogen-bond acceptors (Lipinski definition) is 1. The molecule has 0 aromatic carbocycles. The van der Waals surface area contributed by atoms with Crippen molar-refractivity contribution < 1.29 is 27.2 Å². The Labute approximate surface area is 44.8 Å². The Morgan fingerprint density at radius 2 is 1.75 bits per heavy atom. The minimum absolute atomic E-state index is 0. The van der Waals surface area contributed by atoms with Crippen LogP contribution in [0.4, 0.5) is 0 Å². The Morgan fingerprint density at radius 3 is 1.75 bits per heavy atom. The average molecular weight is 260 g/mol. The van der Waals surface area contributed by atoms with Crippen LogP contribution in [0, 0.1) is 0 Å². The van der Waals surface area contributed by atoms with Gasteiger partial charge < -0.3 is 16.4 Å². The Morgan fingerprint density at radius 1 is 1.75 bits per heavy atom. The van der Waals surface area contributed by atoms with Crippen molar-refractivity contribution in [1.29, 1.82) is 0 Å². The predicted octanol–water partition coefficient (Wildman–Crippen LogP) is 0.290. The minimum atomic E-state index is 0. The molecule has 0 radical (unpaired) electrons. The molecule has 4 heavy (non-hydrogen) atoms. The Bertz CT molecular complexity index is 15.5. The summed E-state index contributed by atoms with van der Waals surface area (Å²) in [6.45, 7) is 0. The molecule has 3 heteroatoms. The van der Waals surface area contributed by atoms with E-state index in [9.17, 15) is 0 Å². The fraction of sp³-hybridized carbons (Fsp3) is 0. The van der Waals surface area contributed by atoms with E-state index in [1.807, 2.05) is 0 Å².